The first-order chi connectivity index (χ1) is 14.5. The Morgan fingerprint density at radius 3 is 2.27 bits per heavy atom. The maximum Gasteiger partial charge on any atom is 0.220 e. The summed E-state index contributed by atoms with van der Waals surface area (Å²) in [6, 6.07) is 16.8. The number of hydrogen-bond donors (Lipinski definition) is 0. The molecular formula is C29H34N+. The quantitative estimate of drug-likeness (QED) is 0.435. The van der Waals surface area contributed by atoms with E-state index in [1.165, 1.54) is 71.7 Å². The fourth-order valence-corrected chi connectivity index (χ4v) is 7.65. The molecule has 4 aliphatic carbocycles. The van der Waals surface area contributed by atoms with Gasteiger partial charge < -0.3 is 0 Å². The Morgan fingerprint density at radius 1 is 0.900 bits per heavy atom. The normalized spacial score (nSPS) is 29.6. The third-order valence-electron chi connectivity index (χ3n) is 8.75. The van der Waals surface area contributed by atoms with Crippen molar-refractivity contribution in [1.82, 2.24) is 0 Å². The topological polar surface area (TPSA) is 3.88 Å². The molecule has 0 N–H and O–H groups in total. The van der Waals surface area contributed by atoms with Crippen LogP contribution in [0.1, 0.15) is 62.1 Å². The average molecular weight is 397 g/mol. The summed E-state index contributed by atoms with van der Waals surface area (Å²) < 4.78 is 2.31. The second kappa shape index (κ2) is 6.67. The molecule has 1 heterocycles. The van der Waals surface area contributed by atoms with Gasteiger partial charge in [0.25, 0.3) is 0 Å². The van der Waals surface area contributed by atoms with Crippen molar-refractivity contribution in [2.24, 2.45) is 24.8 Å². The summed E-state index contributed by atoms with van der Waals surface area (Å²) in [5, 5.41) is 2.81. The van der Waals surface area contributed by atoms with Crippen LogP contribution in [-0.4, -0.2) is 0 Å². The van der Waals surface area contributed by atoms with Crippen molar-refractivity contribution in [3.8, 4) is 11.3 Å². The summed E-state index contributed by atoms with van der Waals surface area (Å²) >= 11 is 0. The van der Waals surface area contributed by atoms with E-state index in [4.69, 9.17) is 0 Å². The van der Waals surface area contributed by atoms with E-state index in [1.807, 2.05) is 0 Å². The summed E-state index contributed by atoms with van der Waals surface area (Å²) in [5.74, 6) is 2.99. The molecule has 0 radical (unpaired) electrons. The maximum absolute atomic E-state index is 2.56. The average Bonchev–Trinajstić information content (AvgIpc) is 2.73. The third-order valence-corrected chi connectivity index (χ3v) is 8.75. The number of fused-ring (bicyclic) bond motifs is 1. The van der Waals surface area contributed by atoms with Crippen LogP contribution in [-0.2, 0) is 18.9 Å². The zero-order valence-electron chi connectivity index (χ0n) is 18.7. The molecule has 4 fully saturated rings. The molecule has 0 atom stereocenters. The Kier molecular flexibility index (Phi) is 4.14. The molecule has 1 nitrogen and oxygen atoms in total. The number of benzene rings is 2. The number of nitrogens with zero attached hydrogens (tertiary/aromatic N) is 1. The lowest BCUT2D eigenvalue weighted by molar-refractivity contribution is -0.659. The number of pyridine rings is 1. The van der Waals surface area contributed by atoms with Gasteiger partial charge in [-0.2, -0.15) is 0 Å². The molecule has 1 heteroatoms. The van der Waals surface area contributed by atoms with Gasteiger partial charge in [-0.1, -0.05) is 31.2 Å². The van der Waals surface area contributed by atoms with Crippen LogP contribution in [0.3, 0.4) is 0 Å². The first-order valence-corrected chi connectivity index (χ1v) is 12.1. The fourth-order valence-electron chi connectivity index (χ4n) is 7.65. The third kappa shape index (κ3) is 2.77. The Morgan fingerprint density at radius 2 is 1.60 bits per heavy atom. The van der Waals surface area contributed by atoms with Crippen molar-refractivity contribution in [2.45, 2.75) is 64.2 Å². The number of rotatable bonds is 3. The monoisotopic (exact) mass is 396 g/mol. The molecule has 2 aromatic carbocycles. The minimum atomic E-state index is 0.471. The van der Waals surface area contributed by atoms with Gasteiger partial charge in [0.05, 0.1) is 5.39 Å². The Bertz CT molecular complexity index is 1100. The molecule has 0 unspecified atom stereocenters. The van der Waals surface area contributed by atoms with E-state index < -0.39 is 0 Å². The molecule has 0 amide bonds. The van der Waals surface area contributed by atoms with E-state index in [0.29, 0.717) is 5.41 Å². The minimum Gasteiger partial charge on any atom is -0.200 e. The predicted molar refractivity (Wildman–Crippen MR) is 125 cm³/mol. The largest absolute Gasteiger partial charge is 0.220 e. The van der Waals surface area contributed by atoms with Crippen LogP contribution in [0, 0.1) is 24.7 Å². The molecule has 4 saturated carbocycles. The van der Waals surface area contributed by atoms with Crippen LogP contribution in [0.25, 0.3) is 22.0 Å². The zero-order valence-corrected chi connectivity index (χ0v) is 18.7. The smallest absolute Gasteiger partial charge is 0.200 e. The second-order valence-corrected chi connectivity index (χ2v) is 10.8. The van der Waals surface area contributed by atoms with Crippen molar-refractivity contribution < 1.29 is 4.57 Å². The lowest BCUT2D eigenvalue weighted by Crippen LogP contribution is -2.48. The van der Waals surface area contributed by atoms with Crippen LogP contribution in [0.2, 0.25) is 0 Å². The molecule has 154 valence electrons. The number of hydrogen-bond acceptors (Lipinski definition) is 0. The van der Waals surface area contributed by atoms with Gasteiger partial charge in [0.1, 0.15) is 7.05 Å². The van der Waals surface area contributed by atoms with E-state index in [1.54, 1.807) is 5.56 Å². The Balaban J connectivity index is 1.49. The van der Waals surface area contributed by atoms with Crippen molar-refractivity contribution >= 4 is 10.8 Å². The van der Waals surface area contributed by atoms with Gasteiger partial charge in [-0.3, -0.25) is 0 Å². The van der Waals surface area contributed by atoms with Crippen LogP contribution in [0.5, 0.6) is 0 Å². The van der Waals surface area contributed by atoms with Gasteiger partial charge in [0, 0.05) is 11.6 Å². The molecule has 0 saturated heterocycles. The molecule has 0 spiro atoms. The highest BCUT2D eigenvalue weighted by Gasteiger charge is 2.51. The summed E-state index contributed by atoms with van der Waals surface area (Å²) in [5.41, 5.74) is 7.62. The van der Waals surface area contributed by atoms with E-state index in [9.17, 15) is 0 Å². The summed E-state index contributed by atoms with van der Waals surface area (Å²) in [4.78, 5) is 0. The van der Waals surface area contributed by atoms with E-state index in [-0.39, 0.29) is 0 Å². The summed E-state index contributed by atoms with van der Waals surface area (Å²) in [7, 11) is 2.19. The summed E-state index contributed by atoms with van der Waals surface area (Å²) in [6.07, 6.45) is 12.2. The lowest BCUT2D eigenvalue weighted by atomic mass is 9.48. The first kappa shape index (κ1) is 18.6. The van der Waals surface area contributed by atoms with E-state index in [2.05, 4.69) is 74.1 Å². The highest BCUT2D eigenvalue weighted by molar-refractivity contribution is 5.94. The maximum atomic E-state index is 2.56. The second-order valence-electron chi connectivity index (χ2n) is 10.8. The molecule has 4 aliphatic rings. The van der Waals surface area contributed by atoms with Gasteiger partial charge in [-0.05, 0) is 109 Å². The fraction of sp³-hybridized carbons (Fsp3) is 0.483. The number of aromatic nitrogens is 1. The van der Waals surface area contributed by atoms with Crippen LogP contribution in [0.15, 0.2) is 48.7 Å². The van der Waals surface area contributed by atoms with Crippen molar-refractivity contribution in [1.29, 1.82) is 0 Å². The minimum absolute atomic E-state index is 0.471. The SMILES string of the molecule is CCc1ccc(C)c(-c2c3ccc(C45CC6CC(CC(C6)C4)C5)cc3cc[n+]2C)c1. The standard InChI is InChI=1S/C29H34N/c1-4-20-6-5-19(2)27(14-20)28-26-8-7-25(15-24(26)9-10-30(28)3)29-16-21-11-22(17-29)13-23(12-21)18-29/h5-10,14-15,21-23H,4,11-13,16-18H2,1-3H3/q+1. The van der Waals surface area contributed by atoms with Crippen LogP contribution >= 0.6 is 0 Å². The Hall–Kier alpha value is -2.15. The zero-order chi connectivity index (χ0) is 20.5. The lowest BCUT2D eigenvalue weighted by Gasteiger charge is -2.57. The molecule has 0 aliphatic heterocycles. The number of aryl methyl sites for hydroxylation is 3. The van der Waals surface area contributed by atoms with Gasteiger partial charge in [0.2, 0.25) is 5.69 Å². The van der Waals surface area contributed by atoms with Crippen molar-refractivity contribution in [3.63, 3.8) is 0 Å². The van der Waals surface area contributed by atoms with E-state index >= 15 is 0 Å². The van der Waals surface area contributed by atoms with E-state index in [0.717, 1.165) is 24.2 Å². The highest BCUT2D eigenvalue weighted by Crippen LogP contribution is 2.60. The first-order valence-electron chi connectivity index (χ1n) is 12.1. The highest BCUT2D eigenvalue weighted by atomic mass is 14.9. The predicted octanol–water partition coefficient (Wildman–Crippen LogP) is 6.67. The van der Waals surface area contributed by atoms with Gasteiger partial charge in [-0.25, -0.2) is 4.57 Å². The summed E-state index contributed by atoms with van der Waals surface area (Å²) in [6.45, 7) is 4.49. The molecule has 4 bridgehead atoms. The molecule has 3 aromatic rings. The molecule has 7 rings (SSSR count). The molecule has 30 heavy (non-hydrogen) atoms. The molecular weight excluding hydrogens is 362 g/mol. The van der Waals surface area contributed by atoms with Crippen molar-refractivity contribution in [3.05, 3.63) is 65.4 Å². The van der Waals surface area contributed by atoms with Gasteiger partial charge in [0.15, 0.2) is 6.20 Å². The van der Waals surface area contributed by atoms with Gasteiger partial charge >= 0.3 is 0 Å². The Labute approximate surface area is 181 Å². The molecule has 1 aromatic heterocycles. The van der Waals surface area contributed by atoms with Gasteiger partial charge in [-0.15, -0.1) is 0 Å². The van der Waals surface area contributed by atoms with Crippen molar-refractivity contribution in [2.75, 3.05) is 0 Å². The van der Waals surface area contributed by atoms with Crippen LogP contribution in [0.4, 0.5) is 0 Å². The van der Waals surface area contributed by atoms with Crippen LogP contribution < -0.4 is 4.57 Å².